The van der Waals surface area contributed by atoms with Gasteiger partial charge in [0.1, 0.15) is 0 Å². The monoisotopic (exact) mass is 265 g/mol. The first kappa shape index (κ1) is 13.5. The van der Waals surface area contributed by atoms with Gasteiger partial charge in [-0.15, -0.1) is 0 Å². The summed E-state index contributed by atoms with van der Waals surface area (Å²) in [5, 5.41) is 22.1. The number of nitrogens with zero attached hydrogens (tertiary/aromatic N) is 1. The van der Waals surface area contributed by atoms with Crippen molar-refractivity contribution in [2.75, 3.05) is 24.1 Å². The van der Waals surface area contributed by atoms with Crippen LogP contribution in [0, 0.1) is 6.92 Å². The summed E-state index contributed by atoms with van der Waals surface area (Å²) < 4.78 is 0. The van der Waals surface area contributed by atoms with Gasteiger partial charge in [0.05, 0.1) is 30.1 Å². The van der Waals surface area contributed by atoms with Gasteiger partial charge in [-0.05, 0) is 31.0 Å². The van der Waals surface area contributed by atoms with Crippen LogP contribution in [0.3, 0.4) is 0 Å². The molecule has 5 N–H and O–H groups in total. The Morgan fingerprint density at radius 1 is 1.53 bits per heavy atom. The largest absolute Gasteiger partial charge is 0.465 e. The fourth-order valence-electron chi connectivity index (χ4n) is 2.29. The van der Waals surface area contributed by atoms with Crippen LogP contribution >= 0.6 is 0 Å². The first-order valence-electron chi connectivity index (χ1n) is 6.26. The van der Waals surface area contributed by atoms with E-state index < -0.39 is 12.2 Å². The van der Waals surface area contributed by atoms with Gasteiger partial charge in [0.2, 0.25) is 0 Å². The third-order valence-electron chi connectivity index (χ3n) is 3.40. The van der Waals surface area contributed by atoms with Crippen LogP contribution in [0.1, 0.15) is 12.0 Å². The lowest BCUT2D eigenvalue weighted by Gasteiger charge is -2.35. The van der Waals surface area contributed by atoms with Crippen LogP contribution in [0.15, 0.2) is 18.2 Å². The Balaban J connectivity index is 2.02. The van der Waals surface area contributed by atoms with Crippen molar-refractivity contribution in [1.82, 2.24) is 4.90 Å². The zero-order chi connectivity index (χ0) is 14.0. The van der Waals surface area contributed by atoms with Gasteiger partial charge in [0.15, 0.2) is 0 Å². The van der Waals surface area contributed by atoms with E-state index >= 15 is 0 Å². The number of anilines is 2. The van der Waals surface area contributed by atoms with Crippen molar-refractivity contribution in [2.45, 2.75) is 25.5 Å². The Morgan fingerprint density at radius 3 is 2.84 bits per heavy atom. The van der Waals surface area contributed by atoms with Gasteiger partial charge in [-0.25, -0.2) is 4.79 Å². The van der Waals surface area contributed by atoms with E-state index in [1.54, 1.807) is 0 Å². The molecule has 2 unspecified atom stereocenters. The number of hydrogen-bond acceptors (Lipinski definition) is 4. The van der Waals surface area contributed by atoms with Gasteiger partial charge in [-0.3, -0.25) is 0 Å². The van der Waals surface area contributed by atoms with Crippen molar-refractivity contribution in [3.8, 4) is 0 Å². The molecular weight excluding hydrogens is 246 g/mol. The first-order chi connectivity index (χ1) is 8.97. The van der Waals surface area contributed by atoms with Gasteiger partial charge in [0.25, 0.3) is 0 Å². The fraction of sp³-hybridized carbons (Fsp3) is 0.462. The van der Waals surface area contributed by atoms with Crippen LogP contribution in [0.2, 0.25) is 0 Å². The minimum absolute atomic E-state index is 0.124. The quantitative estimate of drug-likeness (QED) is 0.600. The van der Waals surface area contributed by atoms with E-state index in [-0.39, 0.29) is 12.6 Å². The lowest BCUT2D eigenvalue weighted by molar-refractivity contribution is 0.0575. The first-order valence-corrected chi connectivity index (χ1v) is 6.26. The van der Waals surface area contributed by atoms with E-state index in [4.69, 9.17) is 10.8 Å². The second-order valence-corrected chi connectivity index (χ2v) is 4.93. The molecule has 0 aromatic heterocycles. The highest BCUT2D eigenvalue weighted by molar-refractivity contribution is 5.68. The number of nitrogens with two attached hydrogens (primary N) is 1. The number of aliphatic hydroxyl groups is 1. The minimum Gasteiger partial charge on any atom is -0.465 e. The Morgan fingerprint density at radius 2 is 2.26 bits per heavy atom. The van der Waals surface area contributed by atoms with Crippen LogP contribution < -0.4 is 11.1 Å². The summed E-state index contributed by atoms with van der Waals surface area (Å²) in [5.74, 6) is 0. The zero-order valence-corrected chi connectivity index (χ0v) is 10.8. The minimum atomic E-state index is -0.993. The van der Waals surface area contributed by atoms with Crippen LogP contribution in [-0.4, -0.2) is 46.4 Å². The average Bonchev–Trinajstić information content (AvgIpc) is 2.34. The van der Waals surface area contributed by atoms with Crippen LogP contribution in [0.25, 0.3) is 0 Å². The molecule has 1 aliphatic heterocycles. The Hall–Kier alpha value is -1.95. The van der Waals surface area contributed by atoms with Crippen molar-refractivity contribution in [3.05, 3.63) is 23.8 Å². The maximum atomic E-state index is 10.8. The van der Waals surface area contributed by atoms with Crippen molar-refractivity contribution in [2.24, 2.45) is 0 Å². The molecule has 19 heavy (non-hydrogen) atoms. The number of benzene rings is 1. The molecule has 1 amide bonds. The number of piperidine rings is 1. The Labute approximate surface area is 111 Å². The molecule has 0 aliphatic carbocycles. The third-order valence-corrected chi connectivity index (χ3v) is 3.40. The van der Waals surface area contributed by atoms with Gasteiger partial charge in [-0.1, -0.05) is 6.07 Å². The molecule has 1 saturated heterocycles. The summed E-state index contributed by atoms with van der Waals surface area (Å²) in [6.45, 7) is 2.49. The summed E-state index contributed by atoms with van der Waals surface area (Å²) in [4.78, 5) is 12.1. The zero-order valence-electron chi connectivity index (χ0n) is 10.8. The van der Waals surface area contributed by atoms with Crippen molar-refractivity contribution >= 4 is 17.5 Å². The van der Waals surface area contributed by atoms with Gasteiger partial charge < -0.3 is 26.2 Å². The van der Waals surface area contributed by atoms with Gasteiger partial charge >= 0.3 is 6.09 Å². The molecule has 1 heterocycles. The van der Waals surface area contributed by atoms with E-state index in [1.807, 2.05) is 25.1 Å². The third kappa shape index (κ3) is 3.08. The molecule has 1 aliphatic rings. The van der Waals surface area contributed by atoms with E-state index in [9.17, 15) is 9.90 Å². The number of aryl methyl sites for hydroxylation is 1. The number of rotatable bonds is 2. The van der Waals surface area contributed by atoms with Crippen LogP contribution in [0.5, 0.6) is 0 Å². The van der Waals surface area contributed by atoms with E-state index in [1.165, 1.54) is 4.90 Å². The highest BCUT2D eigenvalue weighted by Crippen LogP contribution is 2.23. The molecule has 2 atom stereocenters. The number of hydrogen-bond donors (Lipinski definition) is 4. The summed E-state index contributed by atoms with van der Waals surface area (Å²) in [6, 6.07) is 5.50. The molecule has 6 heteroatoms. The molecule has 1 aromatic carbocycles. The topological polar surface area (TPSA) is 98.8 Å². The number of likely N-dealkylation sites (tertiary alicyclic amines) is 1. The number of β-amino-alcohol motifs (C(OH)–C–C–N with tert-alkyl or cyclic N) is 1. The fourth-order valence-corrected chi connectivity index (χ4v) is 2.29. The standard InChI is InChI=1S/C13H19N3O3/c1-8-2-3-10(9(14)6-8)15-11-4-5-16(13(18)19)7-12(11)17/h2-3,6,11-12,15,17H,4-5,7,14H2,1H3,(H,18,19). The predicted molar refractivity (Wildman–Crippen MR) is 73.2 cm³/mol. The number of amides is 1. The summed E-state index contributed by atoms with van der Waals surface area (Å²) in [7, 11) is 0. The highest BCUT2D eigenvalue weighted by atomic mass is 16.4. The summed E-state index contributed by atoms with van der Waals surface area (Å²) >= 11 is 0. The molecule has 104 valence electrons. The number of nitrogen functional groups attached to an aromatic ring is 1. The molecule has 1 aromatic rings. The molecular formula is C13H19N3O3. The summed E-state index contributed by atoms with van der Waals surface area (Å²) in [5.41, 5.74) is 8.39. The molecule has 6 nitrogen and oxygen atoms in total. The van der Waals surface area contributed by atoms with Crippen molar-refractivity contribution in [1.29, 1.82) is 0 Å². The summed E-state index contributed by atoms with van der Waals surface area (Å²) in [6.07, 6.45) is -1.17. The SMILES string of the molecule is Cc1ccc(NC2CCN(C(=O)O)CC2O)c(N)c1. The number of nitrogens with one attached hydrogen (secondary N) is 1. The van der Waals surface area contributed by atoms with E-state index in [0.29, 0.717) is 18.7 Å². The van der Waals surface area contributed by atoms with Gasteiger partial charge in [0, 0.05) is 6.54 Å². The highest BCUT2D eigenvalue weighted by Gasteiger charge is 2.30. The van der Waals surface area contributed by atoms with Crippen molar-refractivity contribution in [3.63, 3.8) is 0 Å². The maximum Gasteiger partial charge on any atom is 0.407 e. The number of carbonyl (C=O) groups is 1. The average molecular weight is 265 g/mol. The molecule has 1 fully saturated rings. The van der Waals surface area contributed by atoms with Gasteiger partial charge in [-0.2, -0.15) is 0 Å². The predicted octanol–water partition coefficient (Wildman–Crippen LogP) is 1.10. The second-order valence-electron chi connectivity index (χ2n) is 4.93. The maximum absolute atomic E-state index is 10.8. The van der Waals surface area contributed by atoms with Crippen LogP contribution in [0.4, 0.5) is 16.2 Å². The molecule has 0 saturated carbocycles. The Bertz CT molecular complexity index is 478. The van der Waals surface area contributed by atoms with Crippen molar-refractivity contribution < 1.29 is 15.0 Å². The van der Waals surface area contributed by atoms with E-state index in [2.05, 4.69) is 5.32 Å². The number of aliphatic hydroxyl groups excluding tert-OH is 1. The van der Waals surface area contributed by atoms with Crippen LogP contribution in [-0.2, 0) is 0 Å². The molecule has 0 spiro atoms. The number of carboxylic acid groups (broad SMARTS) is 1. The van der Waals surface area contributed by atoms with E-state index in [0.717, 1.165) is 11.3 Å². The molecule has 0 radical (unpaired) electrons. The smallest absolute Gasteiger partial charge is 0.407 e. The molecule has 2 rings (SSSR count). The lowest BCUT2D eigenvalue weighted by atomic mass is 10.0. The normalized spacial score (nSPS) is 23.2. The molecule has 0 bridgehead atoms. The second kappa shape index (κ2) is 5.36. The lowest BCUT2D eigenvalue weighted by Crippen LogP contribution is -2.51. The Kier molecular flexibility index (Phi) is 3.80.